The Morgan fingerprint density at radius 2 is 2.28 bits per heavy atom. The van der Waals surface area contributed by atoms with Crippen molar-refractivity contribution in [2.45, 2.75) is 38.4 Å². The largest absolute Gasteiger partial charge is 0.383 e. The number of allylic oxidation sites excluding steroid dienone is 1. The topological polar surface area (TPSA) is 113 Å². The van der Waals surface area contributed by atoms with Crippen LogP contribution in [0.15, 0.2) is 30.7 Å². The number of imidazole rings is 2. The van der Waals surface area contributed by atoms with Crippen molar-refractivity contribution >= 4 is 11.8 Å². The molecule has 0 spiro atoms. The Morgan fingerprint density at radius 1 is 1.40 bits per heavy atom. The first-order chi connectivity index (χ1) is 12.1. The fourth-order valence-electron chi connectivity index (χ4n) is 2.37. The van der Waals surface area contributed by atoms with E-state index in [1.54, 1.807) is 24.4 Å². The van der Waals surface area contributed by atoms with E-state index in [-0.39, 0.29) is 0 Å². The van der Waals surface area contributed by atoms with E-state index >= 15 is 0 Å². The van der Waals surface area contributed by atoms with Gasteiger partial charge in [-0.05, 0) is 32.6 Å². The number of nitrogens with zero attached hydrogens (tertiary/aromatic N) is 3. The molecule has 8 nitrogen and oxygen atoms in total. The molecule has 25 heavy (non-hydrogen) atoms. The molecule has 9 heteroatoms. The van der Waals surface area contributed by atoms with Crippen molar-refractivity contribution in [3.05, 3.63) is 57.9 Å². The molecule has 0 fully saturated rings. The van der Waals surface area contributed by atoms with Crippen molar-refractivity contribution in [2.24, 2.45) is 0 Å². The maximum atomic E-state index is 10.8. The molecule has 2 rings (SSSR count). The Bertz CT molecular complexity index is 668. The zero-order valence-corrected chi connectivity index (χ0v) is 15.1. The lowest BCUT2D eigenvalue weighted by Gasteiger charge is -2.08. The van der Waals surface area contributed by atoms with Gasteiger partial charge in [-0.25, -0.2) is 9.97 Å². The molecule has 2 heterocycles. The monoisotopic (exact) mass is 364 g/mol. The Kier molecular flexibility index (Phi) is 8.03. The van der Waals surface area contributed by atoms with Crippen LogP contribution in [0.2, 0.25) is 0 Å². The molecular weight excluding hydrogens is 340 g/mol. The molecule has 0 amide bonds. The van der Waals surface area contributed by atoms with E-state index in [0.29, 0.717) is 18.7 Å². The normalized spacial score (nSPS) is 11.6. The van der Waals surface area contributed by atoms with Crippen LogP contribution in [-0.4, -0.2) is 37.2 Å². The predicted molar refractivity (Wildman–Crippen MR) is 98.7 cm³/mol. The fraction of sp³-hybridized carbons (Fsp3) is 0.500. The zero-order chi connectivity index (χ0) is 17.9. The number of thioether (sulfide) groups is 1. The van der Waals surface area contributed by atoms with Crippen LogP contribution in [-0.2, 0) is 12.2 Å². The van der Waals surface area contributed by atoms with E-state index in [1.807, 2.05) is 13.1 Å². The van der Waals surface area contributed by atoms with E-state index in [4.69, 9.17) is 0 Å². The fourth-order valence-corrected chi connectivity index (χ4v) is 3.26. The van der Waals surface area contributed by atoms with Crippen LogP contribution >= 0.6 is 11.8 Å². The van der Waals surface area contributed by atoms with Crippen LogP contribution in [0, 0.1) is 17.0 Å². The smallest absolute Gasteiger partial charge is 0.253 e. The van der Waals surface area contributed by atoms with Gasteiger partial charge in [0.25, 0.3) is 6.20 Å². The van der Waals surface area contributed by atoms with Crippen molar-refractivity contribution < 1.29 is 4.92 Å². The summed E-state index contributed by atoms with van der Waals surface area (Å²) in [7, 11) is 0. The number of hydrogen-bond acceptors (Lipinski definition) is 6. The third kappa shape index (κ3) is 7.42. The number of aryl methyl sites for hydroxylation is 2. The average Bonchev–Trinajstić information content (AvgIpc) is 3.22. The first kappa shape index (κ1) is 19.0. The quantitative estimate of drug-likeness (QED) is 0.303. The molecule has 0 atom stereocenters. The maximum Gasteiger partial charge on any atom is 0.253 e. The standard InChI is InChI=1S/C16H24N6O2S/c1-13-16(21-12-19-13)10-25-7-6-18-15(9-22(23)24)5-3-2-4-14-8-17-11-20-14/h8-9,11-12,18H,2-7,10H2,1H3,(H,17,20)(H,19,21)/b15-9+. The summed E-state index contributed by atoms with van der Waals surface area (Å²) >= 11 is 1.77. The number of aromatic amines is 2. The van der Waals surface area contributed by atoms with Gasteiger partial charge in [0.15, 0.2) is 0 Å². The molecule has 3 N–H and O–H groups in total. The van der Waals surface area contributed by atoms with Gasteiger partial charge in [0.05, 0.1) is 34.7 Å². The first-order valence-electron chi connectivity index (χ1n) is 8.27. The molecular formula is C16H24N6O2S. The molecule has 0 bridgehead atoms. The Morgan fingerprint density at radius 3 is 2.96 bits per heavy atom. The van der Waals surface area contributed by atoms with Gasteiger partial charge in [0.1, 0.15) is 0 Å². The van der Waals surface area contributed by atoms with Gasteiger partial charge in [-0.2, -0.15) is 11.8 Å². The number of aromatic nitrogens is 4. The van der Waals surface area contributed by atoms with Crippen LogP contribution in [0.3, 0.4) is 0 Å². The molecule has 0 saturated heterocycles. The highest BCUT2D eigenvalue weighted by molar-refractivity contribution is 7.98. The van der Waals surface area contributed by atoms with Gasteiger partial charge < -0.3 is 15.3 Å². The molecule has 0 aliphatic rings. The molecule has 0 aromatic carbocycles. The minimum absolute atomic E-state index is 0.392. The SMILES string of the molecule is Cc1nc[nH]c1CSCCN/C(=C/[N+](=O)[O-])CCCCc1c[nH]cn1. The summed E-state index contributed by atoms with van der Waals surface area (Å²) in [5.74, 6) is 1.74. The van der Waals surface area contributed by atoms with Gasteiger partial charge in [0, 0.05) is 29.9 Å². The molecule has 0 aliphatic heterocycles. The molecule has 136 valence electrons. The van der Waals surface area contributed by atoms with Crippen LogP contribution in [0.4, 0.5) is 0 Å². The summed E-state index contributed by atoms with van der Waals surface area (Å²) in [6.07, 6.45) is 9.73. The third-order valence-electron chi connectivity index (χ3n) is 3.72. The summed E-state index contributed by atoms with van der Waals surface area (Å²) < 4.78 is 0. The first-order valence-corrected chi connectivity index (χ1v) is 9.43. The van der Waals surface area contributed by atoms with E-state index in [1.165, 1.54) is 0 Å². The number of rotatable bonds is 12. The highest BCUT2D eigenvalue weighted by Crippen LogP contribution is 2.12. The molecule has 2 aromatic rings. The predicted octanol–water partition coefficient (Wildman–Crippen LogP) is 2.80. The van der Waals surface area contributed by atoms with Gasteiger partial charge in [0.2, 0.25) is 0 Å². The second-order valence-corrected chi connectivity index (χ2v) is 6.76. The minimum atomic E-state index is -0.392. The van der Waals surface area contributed by atoms with Crippen LogP contribution < -0.4 is 5.32 Å². The average molecular weight is 364 g/mol. The summed E-state index contributed by atoms with van der Waals surface area (Å²) in [5.41, 5.74) is 3.86. The van der Waals surface area contributed by atoms with Crippen molar-refractivity contribution in [3.8, 4) is 0 Å². The lowest BCUT2D eigenvalue weighted by Crippen LogP contribution is -2.18. The molecule has 0 unspecified atom stereocenters. The number of unbranched alkanes of at least 4 members (excludes halogenated alkanes) is 1. The van der Waals surface area contributed by atoms with Crippen LogP contribution in [0.5, 0.6) is 0 Å². The second-order valence-electron chi connectivity index (χ2n) is 5.65. The van der Waals surface area contributed by atoms with Gasteiger partial charge in [-0.15, -0.1) is 0 Å². The van der Waals surface area contributed by atoms with Gasteiger partial charge in [-0.1, -0.05) is 0 Å². The van der Waals surface area contributed by atoms with Crippen LogP contribution in [0.1, 0.15) is 36.3 Å². The van der Waals surface area contributed by atoms with Gasteiger partial charge >= 0.3 is 0 Å². The van der Waals surface area contributed by atoms with Crippen molar-refractivity contribution in [2.75, 3.05) is 12.3 Å². The minimum Gasteiger partial charge on any atom is -0.383 e. The highest BCUT2D eigenvalue weighted by Gasteiger charge is 2.05. The summed E-state index contributed by atoms with van der Waals surface area (Å²) in [6, 6.07) is 0. The zero-order valence-electron chi connectivity index (χ0n) is 14.3. The highest BCUT2D eigenvalue weighted by atomic mass is 32.2. The Hall–Kier alpha value is -2.29. The molecule has 0 saturated carbocycles. The third-order valence-corrected chi connectivity index (χ3v) is 4.71. The molecule has 0 aliphatic carbocycles. The molecule has 2 aromatic heterocycles. The number of nitro groups is 1. The Balaban J connectivity index is 1.63. The summed E-state index contributed by atoms with van der Waals surface area (Å²) in [4.78, 5) is 24.8. The van der Waals surface area contributed by atoms with Crippen LogP contribution in [0.25, 0.3) is 0 Å². The second kappa shape index (κ2) is 10.5. The number of hydrogen-bond donors (Lipinski definition) is 3. The lowest BCUT2D eigenvalue weighted by molar-refractivity contribution is -0.403. The van der Waals surface area contributed by atoms with E-state index in [9.17, 15) is 10.1 Å². The van der Waals surface area contributed by atoms with E-state index < -0.39 is 4.92 Å². The molecule has 0 radical (unpaired) electrons. The summed E-state index contributed by atoms with van der Waals surface area (Å²) in [6.45, 7) is 2.68. The number of H-pyrrole nitrogens is 2. The van der Waals surface area contributed by atoms with Crippen molar-refractivity contribution in [3.63, 3.8) is 0 Å². The van der Waals surface area contributed by atoms with Crippen molar-refractivity contribution in [1.29, 1.82) is 0 Å². The van der Waals surface area contributed by atoms with Gasteiger partial charge in [-0.3, -0.25) is 10.1 Å². The lowest BCUT2D eigenvalue weighted by atomic mass is 10.1. The summed E-state index contributed by atoms with van der Waals surface area (Å²) in [5, 5.41) is 14.0. The van der Waals surface area contributed by atoms with E-state index in [2.05, 4.69) is 25.3 Å². The van der Waals surface area contributed by atoms with E-state index in [0.717, 1.165) is 54.0 Å². The van der Waals surface area contributed by atoms with Crippen molar-refractivity contribution in [1.82, 2.24) is 25.3 Å². The Labute approximate surface area is 151 Å². The number of nitrogens with one attached hydrogen (secondary N) is 3. The maximum absolute atomic E-state index is 10.8.